The molecule has 1 aliphatic heterocycles. The highest BCUT2D eigenvalue weighted by Gasteiger charge is 2.30. The summed E-state index contributed by atoms with van der Waals surface area (Å²) < 4.78 is 16.0. The summed E-state index contributed by atoms with van der Waals surface area (Å²) in [7, 11) is 3.49. The second-order valence-corrected chi connectivity index (χ2v) is 10.3. The lowest BCUT2D eigenvalue weighted by molar-refractivity contribution is -0.126. The zero-order chi connectivity index (χ0) is 19.7. The molecule has 4 heterocycles. The van der Waals surface area contributed by atoms with Gasteiger partial charge in [0.05, 0.1) is 22.6 Å². The number of hydrogen-bond acceptors (Lipinski definition) is 7. The fraction of sp³-hybridized carbons (Fsp3) is 0.500. The first-order valence-corrected chi connectivity index (χ1v) is 11.8. The third-order valence-corrected chi connectivity index (χ3v) is 8.76. The molecule has 0 bridgehead atoms. The number of carbonyl (C=O) groups is 1. The van der Waals surface area contributed by atoms with Crippen LogP contribution in [0.15, 0.2) is 17.1 Å². The van der Waals surface area contributed by atoms with Crippen LogP contribution in [0.4, 0.5) is 0 Å². The van der Waals surface area contributed by atoms with Gasteiger partial charge in [0.1, 0.15) is 11.9 Å². The quantitative estimate of drug-likeness (QED) is 0.462. The summed E-state index contributed by atoms with van der Waals surface area (Å²) in [5, 5.41) is 0. The van der Waals surface area contributed by atoms with E-state index in [1.54, 1.807) is 19.1 Å². The standard InChI is InChI=1S/C20H24N2O3S3/c1-12-21-15(20(23)22(12)2)9-14-11-17-19(27-14)18-16(28-17)10-13(26-18)5-4-6-25-8-7-24-3/h10-11,15H,4-9H2,1-3H3. The Balaban J connectivity index is 1.42. The van der Waals surface area contributed by atoms with E-state index in [1.165, 1.54) is 28.6 Å². The molecule has 8 heteroatoms. The molecule has 1 amide bonds. The van der Waals surface area contributed by atoms with E-state index in [2.05, 4.69) is 17.1 Å². The largest absolute Gasteiger partial charge is 0.382 e. The summed E-state index contributed by atoms with van der Waals surface area (Å²) in [4.78, 5) is 21.1. The molecule has 0 N–H and O–H groups in total. The van der Waals surface area contributed by atoms with Crippen LogP contribution in [0.3, 0.4) is 0 Å². The fourth-order valence-electron chi connectivity index (χ4n) is 3.32. The van der Waals surface area contributed by atoms with Crippen LogP contribution < -0.4 is 0 Å². The Bertz CT molecular complexity index is 1020. The third-order valence-electron chi connectivity index (χ3n) is 4.91. The lowest BCUT2D eigenvalue weighted by Gasteiger charge is -2.09. The second kappa shape index (κ2) is 8.59. The molecule has 0 saturated carbocycles. The molecule has 1 unspecified atom stereocenters. The van der Waals surface area contributed by atoms with E-state index < -0.39 is 0 Å². The summed E-state index contributed by atoms with van der Waals surface area (Å²) in [6, 6.07) is 4.32. The highest BCUT2D eigenvalue weighted by Crippen LogP contribution is 2.44. The number of aryl methyl sites for hydroxylation is 1. The van der Waals surface area contributed by atoms with E-state index >= 15 is 0 Å². The van der Waals surface area contributed by atoms with Crippen molar-refractivity contribution in [3.05, 3.63) is 21.9 Å². The van der Waals surface area contributed by atoms with Crippen LogP contribution in [-0.4, -0.2) is 56.7 Å². The summed E-state index contributed by atoms with van der Waals surface area (Å²) in [6.45, 7) is 3.99. The van der Waals surface area contributed by atoms with Gasteiger partial charge in [-0.2, -0.15) is 0 Å². The van der Waals surface area contributed by atoms with E-state index in [-0.39, 0.29) is 11.9 Å². The second-order valence-electron chi connectivity index (χ2n) is 6.92. The molecule has 0 fully saturated rings. The first-order valence-electron chi connectivity index (χ1n) is 9.39. The summed E-state index contributed by atoms with van der Waals surface area (Å²) in [5.74, 6) is 0.912. The Labute approximate surface area is 176 Å². The number of nitrogens with zero attached hydrogens (tertiary/aromatic N) is 2. The van der Waals surface area contributed by atoms with E-state index in [1.807, 2.05) is 40.9 Å². The van der Waals surface area contributed by atoms with E-state index in [0.29, 0.717) is 19.6 Å². The summed E-state index contributed by atoms with van der Waals surface area (Å²) in [6.07, 6.45) is 2.78. The van der Waals surface area contributed by atoms with Gasteiger partial charge in [0.2, 0.25) is 0 Å². The number of likely N-dealkylation sites (N-methyl/N-ethyl adjacent to an activating group) is 1. The average molecular weight is 437 g/mol. The van der Waals surface area contributed by atoms with Crippen LogP contribution in [-0.2, 0) is 27.1 Å². The van der Waals surface area contributed by atoms with Crippen molar-refractivity contribution in [1.82, 2.24) is 4.90 Å². The summed E-state index contributed by atoms with van der Waals surface area (Å²) >= 11 is 5.57. The smallest absolute Gasteiger partial charge is 0.252 e. The maximum atomic E-state index is 12.3. The maximum Gasteiger partial charge on any atom is 0.252 e. The Morgan fingerprint density at radius 2 is 1.79 bits per heavy atom. The molecule has 0 saturated heterocycles. The highest BCUT2D eigenvalue weighted by atomic mass is 32.1. The molecule has 3 aromatic rings. The van der Waals surface area contributed by atoms with E-state index in [0.717, 1.165) is 25.3 Å². The molecule has 0 radical (unpaired) electrons. The van der Waals surface area contributed by atoms with Gasteiger partial charge in [-0.05, 0) is 31.9 Å². The molecule has 1 atom stereocenters. The molecule has 0 aromatic carbocycles. The van der Waals surface area contributed by atoms with Crippen LogP contribution in [0.5, 0.6) is 0 Å². The molecule has 28 heavy (non-hydrogen) atoms. The number of carbonyl (C=O) groups excluding carboxylic acids is 1. The number of rotatable bonds is 9. The molecule has 5 nitrogen and oxygen atoms in total. The number of fused-ring (bicyclic) bond motifs is 3. The van der Waals surface area contributed by atoms with Crippen LogP contribution in [0.25, 0.3) is 18.8 Å². The van der Waals surface area contributed by atoms with Crippen LogP contribution in [0.1, 0.15) is 23.1 Å². The SMILES string of the molecule is COCCOCCCc1cc2sc3cc(CC4N=C(C)N(C)C4=O)sc3c2s1. The van der Waals surface area contributed by atoms with Crippen molar-refractivity contribution >= 4 is 64.6 Å². The Kier molecular flexibility index (Phi) is 6.13. The number of hydrogen-bond donors (Lipinski definition) is 0. The topological polar surface area (TPSA) is 51.1 Å². The normalized spacial score (nSPS) is 17.4. The van der Waals surface area contributed by atoms with Gasteiger partial charge < -0.3 is 14.4 Å². The lowest BCUT2D eigenvalue weighted by atomic mass is 10.2. The zero-order valence-corrected chi connectivity index (χ0v) is 18.8. The minimum absolute atomic E-state index is 0.102. The minimum Gasteiger partial charge on any atom is -0.382 e. The maximum absolute atomic E-state index is 12.3. The van der Waals surface area contributed by atoms with Crippen LogP contribution in [0, 0.1) is 0 Å². The van der Waals surface area contributed by atoms with E-state index in [4.69, 9.17) is 9.47 Å². The van der Waals surface area contributed by atoms with Gasteiger partial charge in [-0.1, -0.05) is 0 Å². The molecule has 3 aromatic heterocycles. The number of methoxy groups -OCH3 is 1. The van der Waals surface area contributed by atoms with Crippen molar-refractivity contribution in [1.29, 1.82) is 0 Å². The molecular formula is C20H24N2O3S3. The Hall–Kier alpha value is -1.32. The van der Waals surface area contributed by atoms with Crippen molar-refractivity contribution in [2.24, 2.45) is 4.99 Å². The molecule has 0 spiro atoms. The fourth-order valence-corrected chi connectivity index (χ4v) is 7.47. The number of ether oxygens (including phenoxy) is 2. The first-order chi connectivity index (χ1) is 13.6. The Morgan fingerprint density at radius 3 is 2.46 bits per heavy atom. The van der Waals surface area contributed by atoms with Crippen molar-refractivity contribution in [2.75, 3.05) is 34.0 Å². The zero-order valence-electron chi connectivity index (χ0n) is 16.3. The van der Waals surface area contributed by atoms with Crippen molar-refractivity contribution in [3.8, 4) is 0 Å². The third kappa shape index (κ3) is 4.02. The predicted octanol–water partition coefficient (Wildman–Crippen LogP) is 4.57. The number of amides is 1. The number of thiophene rings is 3. The van der Waals surface area contributed by atoms with Crippen molar-refractivity contribution < 1.29 is 14.3 Å². The number of aliphatic imine (C=N–C) groups is 1. The predicted molar refractivity (Wildman–Crippen MR) is 119 cm³/mol. The minimum atomic E-state index is -0.259. The van der Waals surface area contributed by atoms with Gasteiger partial charge in [0.15, 0.2) is 0 Å². The summed E-state index contributed by atoms with van der Waals surface area (Å²) in [5.41, 5.74) is 0. The van der Waals surface area contributed by atoms with Gasteiger partial charge in [-0.25, -0.2) is 0 Å². The lowest BCUT2D eigenvalue weighted by Crippen LogP contribution is -2.31. The first kappa shape index (κ1) is 20.0. The van der Waals surface area contributed by atoms with Gasteiger partial charge in [-0.15, -0.1) is 34.0 Å². The highest BCUT2D eigenvalue weighted by molar-refractivity contribution is 7.38. The van der Waals surface area contributed by atoms with Gasteiger partial charge in [-0.3, -0.25) is 9.79 Å². The van der Waals surface area contributed by atoms with Gasteiger partial charge in [0, 0.05) is 46.3 Å². The molecule has 1 aliphatic rings. The van der Waals surface area contributed by atoms with Crippen LogP contribution in [0.2, 0.25) is 0 Å². The van der Waals surface area contributed by atoms with Crippen molar-refractivity contribution in [3.63, 3.8) is 0 Å². The molecular weight excluding hydrogens is 412 g/mol. The van der Waals surface area contributed by atoms with Crippen LogP contribution >= 0.6 is 34.0 Å². The van der Waals surface area contributed by atoms with Gasteiger partial charge in [0.25, 0.3) is 5.91 Å². The van der Waals surface area contributed by atoms with E-state index in [9.17, 15) is 4.79 Å². The molecule has 0 aliphatic carbocycles. The Morgan fingerprint density at radius 1 is 1.07 bits per heavy atom. The average Bonchev–Trinajstić information content (AvgIpc) is 3.37. The van der Waals surface area contributed by atoms with Crippen molar-refractivity contribution in [2.45, 2.75) is 32.2 Å². The molecule has 4 rings (SSSR count). The monoisotopic (exact) mass is 436 g/mol. The molecule has 150 valence electrons. The van der Waals surface area contributed by atoms with Gasteiger partial charge >= 0.3 is 0 Å². The number of amidine groups is 1.